The summed E-state index contributed by atoms with van der Waals surface area (Å²) in [6.07, 6.45) is 9.07. The highest BCUT2D eigenvalue weighted by atomic mass is 16.5. The molecule has 0 aromatic heterocycles. The van der Waals surface area contributed by atoms with Crippen LogP contribution in [0, 0.1) is 12.3 Å². The molecule has 2 amide bonds. The van der Waals surface area contributed by atoms with Crippen molar-refractivity contribution < 1.29 is 24.5 Å². The van der Waals surface area contributed by atoms with E-state index >= 15 is 0 Å². The third kappa shape index (κ3) is 6.37. The van der Waals surface area contributed by atoms with E-state index in [0.717, 1.165) is 19.5 Å². The van der Waals surface area contributed by atoms with Crippen molar-refractivity contribution in [3.63, 3.8) is 0 Å². The first-order valence-corrected chi connectivity index (χ1v) is 10.5. The van der Waals surface area contributed by atoms with E-state index in [2.05, 4.69) is 16.6 Å². The van der Waals surface area contributed by atoms with Crippen LogP contribution in [0.1, 0.15) is 34.1 Å². The van der Waals surface area contributed by atoms with Crippen molar-refractivity contribution in [2.24, 2.45) is 0 Å². The average Bonchev–Trinajstić information content (AvgIpc) is 2.76. The second kappa shape index (κ2) is 10.9. The van der Waals surface area contributed by atoms with Crippen molar-refractivity contribution in [3.8, 4) is 29.6 Å². The molecule has 0 aliphatic carbocycles. The Labute approximate surface area is 193 Å². The summed E-state index contributed by atoms with van der Waals surface area (Å²) >= 11 is 0. The molecule has 0 saturated carbocycles. The van der Waals surface area contributed by atoms with Gasteiger partial charge in [-0.3, -0.25) is 10.2 Å². The first kappa shape index (κ1) is 23.4. The lowest BCUT2D eigenvalue weighted by Gasteiger charge is -2.30. The van der Waals surface area contributed by atoms with Crippen LogP contribution < -0.4 is 25.5 Å². The number of nitrogens with two attached hydrogens (primary N) is 1. The van der Waals surface area contributed by atoms with Gasteiger partial charge in [0.15, 0.2) is 6.10 Å². The lowest BCUT2D eigenvalue weighted by Crippen LogP contribution is -2.49. The summed E-state index contributed by atoms with van der Waals surface area (Å²) in [5.41, 5.74) is 0.875. The van der Waals surface area contributed by atoms with Crippen LogP contribution in [0.25, 0.3) is 0 Å². The van der Waals surface area contributed by atoms with Gasteiger partial charge in [-0.1, -0.05) is 5.92 Å². The molecule has 2 aromatic rings. The van der Waals surface area contributed by atoms with E-state index in [1.54, 1.807) is 67.5 Å². The smallest absolute Gasteiger partial charge is 0.339 e. The second-order valence-corrected chi connectivity index (χ2v) is 7.42. The number of terminal acetylenes is 1. The Morgan fingerprint density at radius 3 is 2.42 bits per heavy atom. The number of rotatable bonds is 8. The summed E-state index contributed by atoms with van der Waals surface area (Å²) in [5.74, 6) is 3.47. The summed E-state index contributed by atoms with van der Waals surface area (Å²) in [6, 6.07) is 11.6. The summed E-state index contributed by atoms with van der Waals surface area (Å²) in [4.78, 5) is 26.8. The largest absolute Gasteiger partial charge is 0.478 e. The molecule has 1 atom stereocenters. The van der Waals surface area contributed by atoms with Crippen molar-refractivity contribution >= 4 is 17.6 Å². The maximum atomic E-state index is 12.7. The highest BCUT2D eigenvalue weighted by Gasteiger charge is 2.21. The maximum Gasteiger partial charge on any atom is 0.339 e. The van der Waals surface area contributed by atoms with E-state index in [-0.39, 0.29) is 17.3 Å². The summed E-state index contributed by atoms with van der Waals surface area (Å²) in [6.45, 7) is 3.30. The number of amides is 2. The summed E-state index contributed by atoms with van der Waals surface area (Å²) in [7, 11) is 1.72. The Morgan fingerprint density at radius 2 is 1.82 bits per heavy atom. The molecule has 3 rings (SSSR count). The number of carbonyl (C=O) groups is 2. The molecule has 0 spiro atoms. The van der Waals surface area contributed by atoms with Crippen LogP contribution in [0.4, 0.5) is 0 Å². The minimum atomic E-state index is -0.502. The number of amidine groups is 1. The molecule has 0 bridgehead atoms. The van der Waals surface area contributed by atoms with Crippen LogP contribution >= 0.6 is 0 Å². The molecule has 33 heavy (non-hydrogen) atoms. The van der Waals surface area contributed by atoms with Crippen LogP contribution in [0.2, 0.25) is 0 Å². The zero-order valence-electron chi connectivity index (χ0n) is 18.6. The van der Waals surface area contributed by atoms with E-state index in [9.17, 15) is 9.59 Å². The van der Waals surface area contributed by atoms with Crippen LogP contribution in [-0.4, -0.2) is 48.8 Å². The summed E-state index contributed by atoms with van der Waals surface area (Å²) < 4.78 is 11.6. The van der Waals surface area contributed by atoms with Gasteiger partial charge in [0.2, 0.25) is 0 Å². The zero-order chi connectivity index (χ0) is 23.8. The predicted octanol–water partition coefficient (Wildman–Crippen LogP) is 1.35. The minimum absolute atomic E-state index is 0.00610. The fraction of sp³-hybridized carbons (Fsp3) is 0.240. The zero-order valence-corrected chi connectivity index (χ0v) is 18.6. The normalized spacial score (nSPS) is 13.4. The highest BCUT2D eigenvalue weighted by Crippen LogP contribution is 2.29. The van der Waals surface area contributed by atoms with E-state index in [0.29, 0.717) is 22.8 Å². The quantitative estimate of drug-likeness (QED) is 0.322. The predicted molar refractivity (Wildman–Crippen MR) is 125 cm³/mol. The Morgan fingerprint density at radius 1 is 1.12 bits per heavy atom. The van der Waals surface area contributed by atoms with Crippen molar-refractivity contribution in [1.29, 1.82) is 0 Å². The third-order valence-electron chi connectivity index (χ3n) is 4.86. The highest BCUT2D eigenvalue weighted by molar-refractivity contribution is 6.08. The Hall–Kier alpha value is -4.25. The Kier molecular flexibility index (Phi) is 7.71. The van der Waals surface area contributed by atoms with E-state index < -0.39 is 12.0 Å². The van der Waals surface area contributed by atoms with Crippen molar-refractivity contribution in [2.75, 3.05) is 20.1 Å². The Bertz CT molecular complexity index is 1100. The van der Waals surface area contributed by atoms with Gasteiger partial charge in [0, 0.05) is 44.0 Å². The molecule has 8 heteroatoms. The van der Waals surface area contributed by atoms with Gasteiger partial charge >= 0.3 is 5.91 Å². The second-order valence-electron chi connectivity index (χ2n) is 7.42. The van der Waals surface area contributed by atoms with Gasteiger partial charge in [0.05, 0.1) is 5.56 Å². The number of nitrogens with one attached hydrogen (secondary N) is 2. The van der Waals surface area contributed by atoms with Gasteiger partial charge in [0.1, 0.15) is 17.2 Å². The van der Waals surface area contributed by atoms with Crippen LogP contribution in [-0.2, 0) is 0 Å². The Balaban J connectivity index is 1.80. The number of likely N-dealkylation sites (tertiary alicyclic amines) is 1. The fourth-order valence-electron chi connectivity index (χ4n) is 2.99. The number of hydrogen-bond acceptors (Lipinski definition) is 5. The topological polar surface area (TPSA) is 105 Å². The lowest BCUT2D eigenvalue weighted by atomic mass is 10.1. The van der Waals surface area contributed by atoms with Gasteiger partial charge in [0.25, 0.3) is 11.7 Å². The van der Waals surface area contributed by atoms with Crippen molar-refractivity contribution in [3.05, 3.63) is 65.9 Å². The number of carbonyl (C=O) groups excluding carboxylic acids is 2. The number of benzene rings is 2. The molecule has 4 N–H and O–H groups in total. The molecule has 8 nitrogen and oxygen atoms in total. The SMILES string of the molecule is C#C[C@H](C)Oc1cc(Oc2ccc(C(=O)N3CCC3)cc2)cc(C(=O)NC(=[NH2+])/C=C\NC)c1. The van der Waals surface area contributed by atoms with Gasteiger partial charge in [-0.2, -0.15) is 0 Å². The number of nitrogens with zero attached hydrogens (tertiary/aromatic N) is 1. The van der Waals surface area contributed by atoms with Gasteiger partial charge < -0.3 is 19.7 Å². The molecule has 1 heterocycles. The number of hydrogen-bond donors (Lipinski definition) is 3. The van der Waals surface area contributed by atoms with Gasteiger partial charge in [-0.05, 0) is 49.7 Å². The third-order valence-corrected chi connectivity index (χ3v) is 4.86. The maximum absolute atomic E-state index is 12.7. The fourth-order valence-corrected chi connectivity index (χ4v) is 2.99. The monoisotopic (exact) mass is 447 g/mol. The standard InChI is InChI=1S/C25H26N4O4/c1-4-17(2)32-21-14-19(24(30)28-23(26)10-11-27-3)15-22(16-21)33-20-8-6-18(7-9-20)25(31)29-12-5-13-29/h1,6-11,14-17,27H,5,12-13H2,2-3H3,(H2,26,28,30)/p+1/b11-10-/t17-/m0/s1. The summed E-state index contributed by atoms with van der Waals surface area (Å²) in [5, 5.41) is 11.2. The lowest BCUT2D eigenvalue weighted by molar-refractivity contribution is -0.115. The van der Waals surface area contributed by atoms with Crippen molar-refractivity contribution in [2.45, 2.75) is 19.4 Å². The molecule has 1 fully saturated rings. The van der Waals surface area contributed by atoms with Gasteiger partial charge in [-0.15, -0.1) is 6.42 Å². The molecular formula is C25H27N4O4+. The van der Waals surface area contributed by atoms with Crippen LogP contribution in [0.15, 0.2) is 54.7 Å². The molecule has 0 radical (unpaired) electrons. The van der Waals surface area contributed by atoms with Gasteiger partial charge in [-0.25, -0.2) is 10.1 Å². The van der Waals surface area contributed by atoms with E-state index in [4.69, 9.17) is 21.3 Å². The molecule has 170 valence electrons. The van der Waals surface area contributed by atoms with E-state index in [1.165, 1.54) is 6.08 Å². The first-order valence-electron chi connectivity index (χ1n) is 10.5. The molecule has 0 unspecified atom stereocenters. The molecular weight excluding hydrogens is 420 g/mol. The molecule has 1 saturated heterocycles. The van der Waals surface area contributed by atoms with Crippen LogP contribution in [0.5, 0.6) is 17.2 Å². The molecule has 2 aromatic carbocycles. The molecule has 1 aliphatic rings. The van der Waals surface area contributed by atoms with Crippen molar-refractivity contribution in [1.82, 2.24) is 15.5 Å². The molecule has 1 aliphatic heterocycles. The first-order chi connectivity index (χ1) is 15.9. The minimum Gasteiger partial charge on any atom is -0.478 e. The average molecular weight is 448 g/mol. The number of ether oxygens (including phenoxy) is 2. The van der Waals surface area contributed by atoms with Crippen LogP contribution in [0.3, 0.4) is 0 Å². The van der Waals surface area contributed by atoms with E-state index in [1.807, 2.05) is 0 Å².